The molecule has 9 heteroatoms. The number of fused-ring (bicyclic) bond motifs is 1. The number of aromatic nitrogens is 2. The summed E-state index contributed by atoms with van der Waals surface area (Å²) in [5.41, 5.74) is 1.45. The van der Waals surface area contributed by atoms with Crippen LogP contribution in [0, 0.1) is 0 Å². The molecule has 0 radical (unpaired) electrons. The molecule has 1 atom stereocenters. The standard InChI is InChI=1S/C22H21ClN4O3S/c1-15(16-7-3-2-4-8-16)22(28)26-20-14-24-19-11-6-12-27(21(19)25-20)31(29,30)18-10-5-9-17(23)13-18/h2-5,7-10,13-15H,6,11-12H2,1H3,(H,25,26,28)/t15-/m0/s1. The van der Waals surface area contributed by atoms with Gasteiger partial charge in [0.1, 0.15) is 0 Å². The fourth-order valence-corrected chi connectivity index (χ4v) is 5.23. The molecule has 1 aromatic heterocycles. The van der Waals surface area contributed by atoms with Crippen molar-refractivity contribution in [1.29, 1.82) is 0 Å². The van der Waals surface area contributed by atoms with Crippen molar-refractivity contribution in [3.63, 3.8) is 0 Å². The zero-order valence-corrected chi connectivity index (χ0v) is 18.4. The Morgan fingerprint density at radius 2 is 1.94 bits per heavy atom. The molecule has 2 heterocycles. The van der Waals surface area contributed by atoms with Crippen molar-refractivity contribution in [2.45, 2.75) is 30.6 Å². The third kappa shape index (κ3) is 4.40. The second-order valence-corrected chi connectivity index (χ2v) is 9.58. The Labute approximate surface area is 186 Å². The SMILES string of the molecule is C[C@H](C(=O)Nc1cnc2c(n1)N(S(=O)(=O)c1cccc(Cl)c1)CCC2)c1ccccc1. The fourth-order valence-electron chi connectivity index (χ4n) is 3.45. The highest BCUT2D eigenvalue weighted by atomic mass is 35.5. The molecule has 1 aliphatic heterocycles. The average Bonchev–Trinajstić information content (AvgIpc) is 2.78. The summed E-state index contributed by atoms with van der Waals surface area (Å²) in [5, 5.41) is 3.09. The second kappa shape index (κ2) is 8.64. The number of anilines is 2. The number of hydrogen-bond donors (Lipinski definition) is 1. The van der Waals surface area contributed by atoms with Gasteiger partial charge in [-0.15, -0.1) is 0 Å². The smallest absolute Gasteiger partial charge is 0.265 e. The lowest BCUT2D eigenvalue weighted by atomic mass is 10.0. The first-order valence-corrected chi connectivity index (χ1v) is 11.7. The summed E-state index contributed by atoms with van der Waals surface area (Å²) in [7, 11) is -3.87. The number of carbonyl (C=O) groups is 1. The van der Waals surface area contributed by atoms with Crippen molar-refractivity contribution < 1.29 is 13.2 Å². The van der Waals surface area contributed by atoms with Gasteiger partial charge < -0.3 is 5.32 Å². The van der Waals surface area contributed by atoms with Crippen LogP contribution >= 0.6 is 11.6 Å². The van der Waals surface area contributed by atoms with Crippen LogP contribution in [0.4, 0.5) is 11.6 Å². The van der Waals surface area contributed by atoms with E-state index in [0.29, 0.717) is 23.6 Å². The molecule has 2 aromatic carbocycles. The summed E-state index contributed by atoms with van der Waals surface area (Å²) in [6.07, 6.45) is 2.70. The summed E-state index contributed by atoms with van der Waals surface area (Å²) in [6, 6.07) is 15.5. The van der Waals surface area contributed by atoms with Crippen LogP contribution in [0.5, 0.6) is 0 Å². The molecular weight excluding hydrogens is 436 g/mol. The molecule has 7 nitrogen and oxygen atoms in total. The number of aryl methyl sites for hydroxylation is 1. The van der Waals surface area contributed by atoms with E-state index in [9.17, 15) is 13.2 Å². The first-order chi connectivity index (χ1) is 14.9. The molecule has 0 unspecified atom stereocenters. The van der Waals surface area contributed by atoms with Gasteiger partial charge in [0, 0.05) is 11.6 Å². The molecule has 0 spiro atoms. The van der Waals surface area contributed by atoms with Crippen molar-refractivity contribution in [3.8, 4) is 0 Å². The van der Waals surface area contributed by atoms with E-state index in [1.165, 1.54) is 22.6 Å². The first-order valence-electron chi connectivity index (χ1n) is 9.86. The Hall–Kier alpha value is -2.97. The van der Waals surface area contributed by atoms with Crippen LogP contribution in [0.2, 0.25) is 5.02 Å². The molecule has 1 amide bonds. The van der Waals surface area contributed by atoms with Gasteiger partial charge >= 0.3 is 0 Å². The molecule has 0 saturated carbocycles. The number of rotatable bonds is 5. The zero-order chi connectivity index (χ0) is 22.0. The molecule has 0 fully saturated rings. The molecule has 0 aliphatic carbocycles. The van der Waals surface area contributed by atoms with Gasteiger partial charge in [-0.1, -0.05) is 48.0 Å². The van der Waals surface area contributed by atoms with E-state index in [2.05, 4.69) is 15.3 Å². The molecule has 31 heavy (non-hydrogen) atoms. The number of halogens is 1. The van der Waals surface area contributed by atoms with Gasteiger partial charge in [0.2, 0.25) is 5.91 Å². The van der Waals surface area contributed by atoms with Crippen LogP contribution in [0.3, 0.4) is 0 Å². The van der Waals surface area contributed by atoms with Crippen LogP contribution in [-0.2, 0) is 21.2 Å². The van der Waals surface area contributed by atoms with Crippen LogP contribution in [0.15, 0.2) is 65.7 Å². The lowest BCUT2D eigenvalue weighted by Gasteiger charge is -2.29. The van der Waals surface area contributed by atoms with E-state index in [1.54, 1.807) is 19.1 Å². The number of hydrogen-bond acceptors (Lipinski definition) is 5. The number of benzene rings is 2. The van der Waals surface area contributed by atoms with Crippen LogP contribution < -0.4 is 9.62 Å². The maximum atomic E-state index is 13.2. The number of amides is 1. The van der Waals surface area contributed by atoms with E-state index in [4.69, 9.17) is 11.6 Å². The fraction of sp³-hybridized carbons (Fsp3) is 0.227. The van der Waals surface area contributed by atoms with Gasteiger partial charge in [-0.25, -0.2) is 17.7 Å². The van der Waals surface area contributed by atoms with Gasteiger partial charge in [0.05, 0.1) is 22.7 Å². The lowest BCUT2D eigenvalue weighted by Crippen LogP contribution is -2.37. The van der Waals surface area contributed by atoms with Crippen LogP contribution in [0.25, 0.3) is 0 Å². The summed E-state index contributed by atoms with van der Waals surface area (Å²) in [5.74, 6) is -0.207. The number of carbonyl (C=O) groups excluding carboxylic acids is 1. The average molecular weight is 457 g/mol. The highest BCUT2D eigenvalue weighted by Crippen LogP contribution is 2.31. The van der Waals surface area contributed by atoms with Crippen molar-refractivity contribution in [2.24, 2.45) is 0 Å². The minimum atomic E-state index is -3.87. The van der Waals surface area contributed by atoms with Crippen molar-refractivity contribution >= 4 is 39.2 Å². The van der Waals surface area contributed by atoms with E-state index in [1.807, 2.05) is 30.3 Å². The Kier molecular flexibility index (Phi) is 5.93. The molecule has 1 N–H and O–H groups in total. The predicted molar refractivity (Wildman–Crippen MR) is 120 cm³/mol. The summed E-state index contributed by atoms with van der Waals surface area (Å²) in [4.78, 5) is 21.6. The Bertz CT molecular complexity index is 1220. The summed E-state index contributed by atoms with van der Waals surface area (Å²) >= 11 is 5.99. The second-order valence-electron chi connectivity index (χ2n) is 7.29. The van der Waals surface area contributed by atoms with Crippen LogP contribution in [-0.4, -0.2) is 30.8 Å². The maximum absolute atomic E-state index is 13.2. The molecule has 0 bridgehead atoms. The van der Waals surface area contributed by atoms with Crippen molar-refractivity contribution in [2.75, 3.05) is 16.2 Å². The van der Waals surface area contributed by atoms with Gasteiger partial charge in [-0.05, 0) is 43.5 Å². The first kappa shape index (κ1) is 21.3. The number of nitrogens with one attached hydrogen (secondary N) is 1. The molecule has 4 rings (SSSR count). The van der Waals surface area contributed by atoms with Crippen LogP contribution in [0.1, 0.15) is 30.5 Å². The number of nitrogens with zero attached hydrogens (tertiary/aromatic N) is 3. The largest absolute Gasteiger partial charge is 0.309 e. The molecule has 0 saturated heterocycles. The van der Waals surface area contributed by atoms with Crippen molar-refractivity contribution in [1.82, 2.24) is 9.97 Å². The van der Waals surface area contributed by atoms with Gasteiger partial charge in [0.25, 0.3) is 10.0 Å². The summed E-state index contributed by atoms with van der Waals surface area (Å²) in [6.45, 7) is 2.07. The van der Waals surface area contributed by atoms with E-state index in [0.717, 1.165) is 5.56 Å². The van der Waals surface area contributed by atoms with E-state index in [-0.39, 0.29) is 29.0 Å². The Morgan fingerprint density at radius 3 is 2.68 bits per heavy atom. The highest BCUT2D eigenvalue weighted by molar-refractivity contribution is 7.92. The Balaban J connectivity index is 1.63. The molecule has 160 valence electrons. The Morgan fingerprint density at radius 1 is 1.16 bits per heavy atom. The minimum Gasteiger partial charge on any atom is -0.309 e. The number of sulfonamides is 1. The minimum absolute atomic E-state index is 0.0850. The van der Waals surface area contributed by atoms with Gasteiger partial charge in [-0.2, -0.15) is 0 Å². The molecule has 3 aromatic rings. The van der Waals surface area contributed by atoms with Crippen molar-refractivity contribution in [3.05, 3.63) is 77.1 Å². The van der Waals surface area contributed by atoms with Gasteiger partial charge in [-0.3, -0.25) is 9.78 Å². The molecule has 1 aliphatic rings. The third-order valence-corrected chi connectivity index (χ3v) is 7.19. The third-order valence-electron chi connectivity index (χ3n) is 5.17. The zero-order valence-electron chi connectivity index (χ0n) is 16.8. The lowest BCUT2D eigenvalue weighted by molar-refractivity contribution is -0.117. The molecular formula is C22H21ClN4O3S. The van der Waals surface area contributed by atoms with E-state index >= 15 is 0 Å². The van der Waals surface area contributed by atoms with E-state index < -0.39 is 15.9 Å². The highest BCUT2D eigenvalue weighted by Gasteiger charge is 2.31. The predicted octanol–water partition coefficient (Wildman–Crippen LogP) is 4.01. The monoisotopic (exact) mass is 456 g/mol. The quantitative estimate of drug-likeness (QED) is 0.626. The topological polar surface area (TPSA) is 92.3 Å². The summed E-state index contributed by atoms with van der Waals surface area (Å²) < 4.78 is 27.7. The van der Waals surface area contributed by atoms with Gasteiger partial charge in [0.15, 0.2) is 11.6 Å². The maximum Gasteiger partial charge on any atom is 0.265 e. The normalized spacial score (nSPS) is 14.6.